The number of fused-ring (bicyclic) bond motifs is 1. The van der Waals surface area contributed by atoms with Gasteiger partial charge in [-0.15, -0.1) is 0 Å². The second kappa shape index (κ2) is 4.64. The van der Waals surface area contributed by atoms with Crippen molar-refractivity contribution < 1.29 is 5.11 Å². The molecule has 15 heavy (non-hydrogen) atoms. The van der Waals surface area contributed by atoms with E-state index in [1.54, 1.807) is 0 Å². The van der Waals surface area contributed by atoms with Crippen molar-refractivity contribution in [2.45, 2.75) is 31.9 Å². The van der Waals surface area contributed by atoms with E-state index in [9.17, 15) is 5.11 Å². The van der Waals surface area contributed by atoms with Crippen molar-refractivity contribution in [1.82, 2.24) is 5.32 Å². The van der Waals surface area contributed by atoms with Gasteiger partial charge in [0.25, 0.3) is 0 Å². The Morgan fingerprint density at radius 1 is 1.60 bits per heavy atom. The molecule has 0 radical (unpaired) electrons. The third-order valence-corrected chi connectivity index (χ3v) is 3.62. The van der Waals surface area contributed by atoms with E-state index < -0.39 is 0 Å². The quantitative estimate of drug-likeness (QED) is 0.884. The fourth-order valence-electron chi connectivity index (χ4n) is 2.13. The summed E-state index contributed by atoms with van der Waals surface area (Å²) >= 11 is 3.58. The van der Waals surface area contributed by atoms with Crippen LogP contribution in [0, 0.1) is 0 Å². The molecule has 0 spiro atoms. The van der Waals surface area contributed by atoms with E-state index in [2.05, 4.69) is 39.4 Å². The molecule has 1 unspecified atom stereocenters. The van der Waals surface area contributed by atoms with Crippen molar-refractivity contribution in [1.29, 1.82) is 0 Å². The fourth-order valence-corrected chi connectivity index (χ4v) is 2.71. The summed E-state index contributed by atoms with van der Waals surface area (Å²) in [4.78, 5) is 0. The van der Waals surface area contributed by atoms with Crippen LogP contribution in [-0.4, -0.2) is 17.8 Å². The molecule has 0 saturated heterocycles. The highest BCUT2D eigenvalue weighted by Gasteiger charge is 2.23. The van der Waals surface area contributed by atoms with Crippen LogP contribution in [-0.2, 0) is 6.42 Å². The molecule has 0 amide bonds. The van der Waals surface area contributed by atoms with Gasteiger partial charge in [-0.25, -0.2) is 0 Å². The topological polar surface area (TPSA) is 32.3 Å². The van der Waals surface area contributed by atoms with Crippen LogP contribution in [0.5, 0.6) is 0 Å². The first-order chi connectivity index (χ1) is 7.18. The summed E-state index contributed by atoms with van der Waals surface area (Å²) in [5.74, 6) is 0. The highest BCUT2D eigenvalue weighted by atomic mass is 79.9. The minimum absolute atomic E-state index is 0.277. The summed E-state index contributed by atoms with van der Waals surface area (Å²) in [7, 11) is 0. The van der Waals surface area contributed by atoms with Crippen LogP contribution >= 0.6 is 15.9 Å². The molecule has 1 aliphatic rings. The lowest BCUT2D eigenvalue weighted by atomic mass is 10.1. The van der Waals surface area contributed by atoms with Gasteiger partial charge >= 0.3 is 0 Å². The van der Waals surface area contributed by atoms with Gasteiger partial charge < -0.3 is 10.4 Å². The number of halogens is 1. The smallest absolute Gasteiger partial charge is 0.0636 e. The van der Waals surface area contributed by atoms with Crippen LogP contribution < -0.4 is 5.32 Å². The van der Waals surface area contributed by atoms with E-state index in [1.807, 2.05) is 6.92 Å². The Bertz CT molecular complexity index is 351. The maximum atomic E-state index is 9.24. The zero-order valence-corrected chi connectivity index (χ0v) is 10.4. The molecule has 0 saturated carbocycles. The monoisotopic (exact) mass is 269 g/mol. The third-order valence-electron chi connectivity index (χ3n) is 2.87. The number of rotatable bonds is 3. The van der Waals surface area contributed by atoms with Gasteiger partial charge in [-0.3, -0.25) is 0 Å². The van der Waals surface area contributed by atoms with Crippen molar-refractivity contribution in [2.75, 3.05) is 6.54 Å². The lowest BCUT2D eigenvalue weighted by Gasteiger charge is -2.15. The Balaban J connectivity index is 2.11. The van der Waals surface area contributed by atoms with Gasteiger partial charge in [-0.1, -0.05) is 28.1 Å². The van der Waals surface area contributed by atoms with E-state index in [0.717, 1.165) is 12.8 Å². The highest BCUT2D eigenvalue weighted by molar-refractivity contribution is 9.10. The standard InChI is InChI=1S/C12H16BrNO/c1-8(15)7-14-12-6-5-9-10(12)3-2-4-11(9)13/h2-4,8,12,14-15H,5-7H2,1H3/t8-,12?/m0/s1. The van der Waals surface area contributed by atoms with Gasteiger partial charge in [-0.2, -0.15) is 0 Å². The van der Waals surface area contributed by atoms with Gasteiger partial charge in [0, 0.05) is 17.1 Å². The second-order valence-corrected chi connectivity index (χ2v) is 5.01. The first kappa shape index (κ1) is 11.1. The Labute approximate surface area is 98.8 Å². The second-order valence-electron chi connectivity index (χ2n) is 4.16. The molecule has 1 aromatic carbocycles. The molecule has 1 aromatic rings. The van der Waals surface area contributed by atoms with Gasteiger partial charge in [0.1, 0.15) is 0 Å². The van der Waals surface area contributed by atoms with Crippen LogP contribution in [0.4, 0.5) is 0 Å². The normalized spacial score (nSPS) is 21.4. The van der Waals surface area contributed by atoms with E-state index in [1.165, 1.54) is 15.6 Å². The maximum Gasteiger partial charge on any atom is 0.0636 e. The van der Waals surface area contributed by atoms with E-state index in [-0.39, 0.29) is 6.10 Å². The number of hydrogen-bond acceptors (Lipinski definition) is 2. The summed E-state index contributed by atoms with van der Waals surface area (Å²) in [6.07, 6.45) is 1.97. The summed E-state index contributed by atoms with van der Waals surface area (Å²) in [5.41, 5.74) is 2.80. The number of hydrogen-bond donors (Lipinski definition) is 2. The summed E-state index contributed by atoms with van der Waals surface area (Å²) in [5, 5.41) is 12.6. The van der Waals surface area contributed by atoms with Crippen LogP contribution in [0.2, 0.25) is 0 Å². The number of aliphatic hydroxyl groups excluding tert-OH is 1. The minimum atomic E-state index is -0.277. The van der Waals surface area contributed by atoms with Gasteiger partial charge in [0.15, 0.2) is 0 Å². The fraction of sp³-hybridized carbons (Fsp3) is 0.500. The Morgan fingerprint density at radius 3 is 3.13 bits per heavy atom. The van der Waals surface area contributed by atoms with Crippen molar-refractivity contribution in [3.63, 3.8) is 0 Å². The highest BCUT2D eigenvalue weighted by Crippen LogP contribution is 2.35. The number of aliphatic hydroxyl groups is 1. The molecule has 0 bridgehead atoms. The zero-order valence-electron chi connectivity index (χ0n) is 8.83. The lowest BCUT2D eigenvalue weighted by molar-refractivity contribution is 0.186. The van der Waals surface area contributed by atoms with Crippen LogP contribution in [0.3, 0.4) is 0 Å². The van der Waals surface area contributed by atoms with Crippen molar-refractivity contribution in [3.8, 4) is 0 Å². The Kier molecular flexibility index (Phi) is 3.44. The summed E-state index contributed by atoms with van der Waals surface area (Å²) < 4.78 is 1.21. The average molecular weight is 270 g/mol. The van der Waals surface area contributed by atoms with Crippen molar-refractivity contribution in [3.05, 3.63) is 33.8 Å². The lowest BCUT2D eigenvalue weighted by Crippen LogP contribution is -2.27. The molecular formula is C12H16BrNO. The molecule has 2 atom stereocenters. The maximum absolute atomic E-state index is 9.24. The number of benzene rings is 1. The first-order valence-corrected chi connectivity index (χ1v) is 6.16. The van der Waals surface area contributed by atoms with E-state index in [4.69, 9.17) is 0 Å². The predicted molar refractivity (Wildman–Crippen MR) is 64.9 cm³/mol. The molecule has 3 heteroatoms. The summed E-state index contributed by atoms with van der Waals surface area (Å²) in [6.45, 7) is 2.47. The molecule has 2 rings (SSSR count). The molecule has 2 nitrogen and oxygen atoms in total. The molecule has 0 aliphatic heterocycles. The molecule has 0 aromatic heterocycles. The molecule has 0 fully saturated rings. The van der Waals surface area contributed by atoms with Crippen LogP contribution in [0.25, 0.3) is 0 Å². The minimum Gasteiger partial charge on any atom is -0.392 e. The Hall–Kier alpha value is -0.380. The van der Waals surface area contributed by atoms with Gasteiger partial charge in [-0.05, 0) is 37.0 Å². The molecule has 82 valence electrons. The Morgan fingerprint density at radius 2 is 2.40 bits per heavy atom. The van der Waals surface area contributed by atoms with E-state index in [0.29, 0.717) is 12.6 Å². The largest absolute Gasteiger partial charge is 0.392 e. The van der Waals surface area contributed by atoms with Crippen molar-refractivity contribution in [2.24, 2.45) is 0 Å². The summed E-state index contributed by atoms with van der Waals surface area (Å²) in [6, 6.07) is 6.75. The van der Waals surface area contributed by atoms with E-state index >= 15 is 0 Å². The van der Waals surface area contributed by atoms with Crippen LogP contribution in [0.1, 0.15) is 30.5 Å². The molecular weight excluding hydrogens is 254 g/mol. The third kappa shape index (κ3) is 2.41. The predicted octanol–water partition coefficient (Wildman–Crippen LogP) is 2.41. The zero-order chi connectivity index (χ0) is 10.8. The van der Waals surface area contributed by atoms with Gasteiger partial charge in [0.2, 0.25) is 0 Å². The average Bonchev–Trinajstić information content (AvgIpc) is 2.59. The first-order valence-electron chi connectivity index (χ1n) is 5.37. The molecule has 1 aliphatic carbocycles. The van der Waals surface area contributed by atoms with Crippen LogP contribution in [0.15, 0.2) is 22.7 Å². The number of nitrogens with one attached hydrogen (secondary N) is 1. The van der Waals surface area contributed by atoms with Gasteiger partial charge in [0.05, 0.1) is 6.10 Å². The molecule has 0 heterocycles. The molecule has 2 N–H and O–H groups in total. The van der Waals surface area contributed by atoms with Crippen molar-refractivity contribution >= 4 is 15.9 Å². The SMILES string of the molecule is C[C@H](O)CNC1CCc2c(Br)cccc21.